The van der Waals surface area contributed by atoms with Gasteiger partial charge in [-0.25, -0.2) is 0 Å². The Balaban J connectivity index is 2.21. The monoisotopic (exact) mass is 500 g/mol. The molecule has 0 unspecified atom stereocenters. The number of allylic oxidation sites excluding steroid dienone is 7. The minimum Gasteiger partial charge on any atom is -0.459 e. The van der Waals surface area contributed by atoms with Gasteiger partial charge >= 0.3 is 5.97 Å². The quantitative estimate of drug-likeness (QED) is 0.277. The van der Waals surface area contributed by atoms with E-state index in [1.807, 2.05) is 32.1 Å². The third-order valence-electron chi connectivity index (χ3n) is 6.60. The van der Waals surface area contributed by atoms with Crippen molar-refractivity contribution in [3.8, 4) is 0 Å². The van der Waals surface area contributed by atoms with E-state index in [0.717, 1.165) is 30.4 Å². The Morgan fingerprint density at radius 1 is 1.11 bits per heavy atom. The van der Waals surface area contributed by atoms with Gasteiger partial charge in [-0.2, -0.15) is 0 Å². The van der Waals surface area contributed by atoms with Crippen molar-refractivity contribution in [3.63, 3.8) is 0 Å². The molecule has 2 heterocycles. The third-order valence-corrected chi connectivity index (χ3v) is 6.60. The summed E-state index contributed by atoms with van der Waals surface area (Å²) in [5, 5.41) is 31.5. The molecule has 0 radical (unpaired) electrons. The van der Waals surface area contributed by atoms with Gasteiger partial charge in [0, 0.05) is 0 Å². The van der Waals surface area contributed by atoms with Crippen LogP contribution in [0.5, 0.6) is 0 Å². The predicted octanol–water partition coefficient (Wildman–Crippen LogP) is 4.73. The zero-order valence-corrected chi connectivity index (χ0v) is 22.0. The second-order valence-electron chi connectivity index (χ2n) is 10.2. The van der Waals surface area contributed by atoms with Crippen molar-refractivity contribution in [2.75, 3.05) is 0 Å². The van der Waals surface area contributed by atoms with E-state index in [1.54, 1.807) is 31.2 Å². The molecule has 2 aliphatic rings. The van der Waals surface area contributed by atoms with Crippen molar-refractivity contribution in [1.82, 2.24) is 0 Å². The lowest BCUT2D eigenvalue weighted by molar-refractivity contribution is -0.170. The Morgan fingerprint density at radius 3 is 2.53 bits per heavy atom. The molecule has 0 aromatic rings. The highest BCUT2D eigenvalue weighted by Crippen LogP contribution is 2.31. The Morgan fingerprint density at radius 2 is 1.81 bits per heavy atom. The van der Waals surface area contributed by atoms with Crippen molar-refractivity contribution in [3.05, 3.63) is 72.9 Å². The molecule has 2 aliphatic heterocycles. The number of hydrogen-bond acceptors (Lipinski definition) is 6. The minimum absolute atomic E-state index is 0.0244. The first-order valence-electron chi connectivity index (χ1n) is 13.0. The van der Waals surface area contributed by atoms with Gasteiger partial charge in [-0.3, -0.25) is 4.79 Å². The maximum atomic E-state index is 12.9. The molecule has 6 heteroatoms. The number of rotatable bonds is 6. The van der Waals surface area contributed by atoms with E-state index < -0.39 is 42.4 Å². The van der Waals surface area contributed by atoms with Gasteiger partial charge < -0.3 is 24.8 Å². The summed E-state index contributed by atoms with van der Waals surface area (Å²) in [6, 6.07) is 0. The van der Waals surface area contributed by atoms with Crippen molar-refractivity contribution in [2.24, 2.45) is 11.8 Å². The van der Waals surface area contributed by atoms with Crippen LogP contribution < -0.4 is 0 Å². The highest BCUT2D eigenvalue weighted by atomic mass is 16.6. The zero-order valence-electron chi connectivity index (χ0n) is 22.0. The summed E-state index contributed by atoms with van der Waals surface area (Å²) in [6.45, 7) is 13.7. The zero-order chi connectivity index (χ0) is 26.7. The van der Waals surface area contributed by atoms with E-state index in [4.69, 9.17) is 9.47 Å². The normalized spacial score (nSPS) is 35.8. The van der Waals surface area contributed by atoms with E-state index >= 15 is 0 Å². The average Bonchev–Trinajstić information content (AvgIpc) is 3.30. The lowest BCUT2D eigenvalue weighted by Crippen LogP contribution is -2.44. The molecule has 3 N–H and O–H groups in total. The Bertz CT molecular complexity index is 854. The molecule has 8 atom stereocenters. The van der Waals surface area contributed by atoms with Crippen LogP contribution in [0.1, 0.15) is 59.3 Å². The fourth-order valence-electron chi connectivity index (χ4n) is 4.43. The molecule has 200 valence electrons. The number of ether oxygens (including phenoxy) is 2. The first-order valence-corrected chi connectivity index (χ1v) is 13.0. The van der Waals surface area contributed by atoms with E-state index in [1.165, 1.54) is 6.08 Å². The lowest BCUT2D eigenvalue weighted by Gasteiger charge is -2.32. The van der Waals surface area contributed by atoms with Crippen molar-refractivity contribution < 1.29 is 29.6 Å². The number of carbonyl (C=O) groups excluding carboxylic acids is 1. The molecule has 0 amide bonds. The van der Waals surface area contributed by atoms with Gasteiger partial charge in [-0.15, -0.1) is 0 Å². The van der Waals surface area contributed by atoms with Crippen LogP contribution in [0.25, 0.3) is 0 Å². The molecule has 1 saturated heterocycles. The summed E-state index contributed by atoms with van der Waals surface area (Å²) in [5.74, 6) is -1.18. The van der Waals surface area contributed by atoms with Crippen molar-refractivity contribution in [1.29, 1.82) is 0 Å². The number of aliphatic hydroxyl groups excluding tert-OH is 3. The molecular formula is C30H44O6. The number of cyclic esters (lactones) is 1. The number of hydrogen-bond donors (Lipinski definition) is 3. The van der Waals surface area contributed by atoms with E-state index in [0.29, 0.717) is 19.3 Å². The standard InChI is InChI=1S/C30H44O6/c1-20(2)11-10-12-21(3)19-23(5)29-28(33)27-18-17-24(35-27)14-7-9-16-26(32)25(31)15-8-6-13-22(4)30(34)36-29/h6,8-10,12-13,15-16,22-29,31-33H,1,3,7,11,14,17-19H2,2,4-5H3/b12-10+,13-6+,15-8+,16-9-/t22-,23-,24+,25+,26-,27+,28-,29-/m1/s1. The predicted molar refractivity (Wildman–Crippen MR) is 143 cm³/mol. The Hall–Kier alpha value is -2.25. The molecule has 2 bridgehead atoms. The van der Waals surface area contributed by atoms with Crippen LogP contribution in [-0.4, -0.2) is 57.9 Å². The van der Waals surface area contributed by atoms with E-state index in [9.17, 15) is 20.1 Å². The van der Waals surface area contributed by atoms with Gasteiger partial charge in [0.05, 0.1) is 18.1 Å². The molecule has 0 aromatic carbocycles. The van der Waals surface area contributed by atoms with Gasteiger partial charge in [0.15, 0.2) is 0 Å². The van der Waals surface area contributed by atoms with Gasteiger partial charge in [-0.05, 0) is 58.3 Å². The molecule has 36 heavy (non-hydrogen) atoms. The molecule has 1 fully saturated rings. The number of esters is 1. The SMILES string of the molecule is C=C(C)C/C=C/C(=C)C[C@@H](C)[C@H]1OC(=O)[C@H](C)/C=C/C=C/[C@H](O)[C@H](O)/C=C\CC[C@H]2CC[C@H](O2)[C@H]1O. The van der Waals surface area contributed by atoms with Gasteiger partial charge in [0.1, 0.15) is 24.4 Å². The summed E-state index contributed by atoms with van der Waals surface area (Å²) in [6.07, 6.45) is 13.8. The summed E-state index contributed by atoms with van der Waals surface area (Å²) < 4.78 is 12.0. The molecule has 0 spiro atoms. The van der Waals surface area contributed by atoms with Gasteiger partial charge in [-0.1, -0.05) is 79.8 Å². The summed E-state index contributed by atoms with van der Waals surface area (Å²) >= 11 is 0. The number of fused-ring (bicyclic) bond motifs is 2. The van der Waals surface area contributed by atoms with Crippen LogP contribution in [-0.2, 0) is 14.3 Å². The molecule has 0 aromatic heterocycles. The third kappa shape index (κ3) is 10.0. The largest absolute Gasteiger partial charge is 0.459 e. The van der Waals surface area contributed by atoms with Crippen molar-refractivity contribution >= 4 is 5.97 Å². The van der Waals surface area contributed by atoms with Crippen LogP contribution in [0.15, 0.2) is 72.9 Å². The van der Waals surface area contributed by atoms with Crippen LogP contribution in [0, 0.1) is 11.8 Å². The van der Waals surface area contributed by atoms with Crippen LogP contribution in [0.3, 0.4) is 0 Å². The number of aliphatic hydroxyl groups is 3. The van der Waals surface area contributed by atoms with Crippen molar-refractivity contribution in [2.45, 2.75) is 95.9 Å². The van der Waals surface area contributed by atoms with Crippen LogP contribution in [0.4, 0.5) is 0 Å². The topological polar surface area (TPSA) is 96.2 Å². The molecule has 0 saturated carbocycles. The molecule has 2 rings (SSSR count). The second-order valence-corrected chi connectivity index (χ2v) is 10.2. The first kappa shape index (κ1) is 30.0. The highest BCUT2D eigenvalue weighted by Gasteiger charge is 2.39. The Kier molecular flexibility index (Phi) is 12.6. The van der Waals surface area contributed by atoms with Gasteiger partial charge in [0.2, 0.25) is 0 Å². The molecule has 0 aliphatic carbocycles. The lowest BCUT2D eigenvalue weighted by atomic mass is 9.89. The second kappa shape index (κ2) is 15.1. The fourth-order valence-corrected chi connectivity index (χ4v) is 4.43. The first-order chi connectivity index (χ1) is 17.1. The van der Waals surface area contributed by atoms with Crippen LogP contribution in [0.2, 0.25) is 0 Å². The fraction of sp³-hybridized carbons (Fsp3) is 0.567. The summed E-state index contributed by atoms with van der Waals surface area (Å²) in [5.41, 5.74) is 1.95. The Labute approximate surface area is 216 Å². The highest BCUT2D eigenvalue weighted by molar-refractivity contribution is 5.74. The summed E-state index contributed by atoms with van der Waals surface area (Å²) in [4.78, 5) is 12.9. The van der Waals surface area contributed by atoms with E-state index in [2.05, 4.69) is 13.2 Å². The minimum atomic E-state index is -1.04. The maximum absolute atomic E-state index is 12.9. The molecule has 6 nitrogen and oxygen atoms in total. The maximum Gasteiger partial charge on any atom is 0.312 e. The smallest absolute Gasteiger partial charge is 0.312 e. The molecular weight excluding hydrogens is 456 g/mol. The average molecular weight is 501 g/mol. The van der Waals surface area contributed by atoms with E-state index in [-0.39, 0.29) is 12.0 Å². The number of carbonyl (C=O) groups is 1. The summed E-state index contributed by atoms with van der Waals surface area (Å²) in [7, 11) is 0. The van der Waals surface area contributed by atoms with Gasteiger partial charge in [0.25, 0.3) is 0 Å². The van der Waals surface area contributed by atoms with Crippen LogP contribution >= 0.6 is 0 Å².